The number of pyridine rings is 1. The monoisotopic (exact) mass is 365 g/mol. The minimum absolute atomic E-state index is 0.519. The molecule has 0 radical (unpaired) electrons. The molecule has 0 saturated heterocycles. The molecule has 0 aliphatic heterocycles. The van der Waals surface area contributed by atoms with Crippen LogP contribution < -0.4 is 11.1 Å². The molecular weight excluding hydrogens is 346 g/mol. The van der Waals surface area contributed by atoms with Gasteiger partial charge in [-0.3, -0.25) is 4.98 Å². The van der Waals surface area contributed by atoms with E-state index in [2.05, 4.69) is 38.6 Å². The van der Waals surface area contributed by atoms with Crippen molar-refractivity contribution in [1.82, 2.24) is 4.98 Å². The number of fused-ring (bicyclic) bond motifs is 1. The second kappa shape index (κ2) is 6.44. The molecular formula is C16H20BrN3S. The van der Waals surface area contributed by atoms with Gasteiger partial charge in [-0.05, 0) is 53.2 Å². The third kappa shape index (κ3) is 3.14. The lowest BCUT2D eigenvalue weighted by Gasteiger charge is -2.32. The Morgan fingerprint density at radius 1 is 1.33 bits per heavy atom. The first-order valence-electron chi connectivity index (χ1n) is 7.32. The highest BCUT2D eigenvalue weighted by Gasteiger charge is 2.24. The summed E-state index contributed by atoms with van der Waals surface area (Å²) in [5.74, 6) is 0. The van der Waals surface area contributed by atoms with Crippen LogP contribution in [0.5, 0.6) is 0 Å². The van der Waals surface area contributed by atoms with Crippen LogP contribution in [0.2, 0.25) is 0 Å². The van der Waals surface area contributed by atoms with E-state index < -0.39 is 0 Å². The Bertz CT molecular complexity index is 647. The predicted octanol–water partition coefficient (Wildman–Crippen LogP) is 4.67. The molecule has 1 fully saturated rings. The summed E-state index contributed by atoms with van der Waals surface area (Å²) < 4.78 is 0.957. The van der Waals surface area contributed by atoms with Gasteiger partial charge in [-0.15, -0.1) is 0 Å². The predicted molar refractivity (Wildman–Crippen MR) is 97.0 cm³/mol. The fourth-order valence-electron chi connectivity index (χ4n) is 3.08. The van der Waals surface area contributed by atoms with Crippen LogP contribution in [0.25, 0.3) is 10.9 Å². The normalized spacial score (nSPS) is 22.4. The molecule has 21 heavy (non-hydrogen) atoms. The highest BCUT2D eigenvalue weighted by molar-refractivity contribution is 9.10. The van der Waals surface area contributed by atoms with Crippen molar-refractivity contribution in [2.24, 2.45) is 0 Å². The minimum atomic E-state index is 0.519. The van der Waals surface area contributed by atoms with E-state index in [9.17, 15) is 0 Å². The number of nitrogens with one attached hydrogen (secondary N) is 1. The van der Waals surface area contributed by atoms with Crippen molar-refractivity contribution in [3.8, 4) is 0 Å². The summed E-state index contributed by atoms with van der Waals surface area (Å²) in [7, 11) is 0. The maximum Gasteiger partial charge on any atom is 0.0954 e. The zero-order valence-corrected chi connectivity index (χ0v) is 14.5. The second-order valence-corrected chi connectivity index (χ2v) is 7.55. The number of benzene rings is 1. The van der Waals surface area contributed by atoms with Crippen molar-refractivity contribution >= 4 is 50.0 Å². The lowest BCUT2D eigenvalue weighted by Crippen LogP contribution is -2.34. The number of rotatable bonds is 3. The number of halogens is 1. The fraction of sp³-hybridized carbons (Fsp3) is 0.438. The largest absolute Gasteiger partial charge is 0.398 e. The highest BCUT2D eigenvalue weighted by Crippen LogP contribution is 2.33. The minimum Gasteiger partial charge on any atom is -0.398 e. The molecule has 5 heteroatoms. The zero-order chi connectivity index (χ0) is 14.8. The van der Waals surface area contributed by atoms with E-state index in [1.807, 2.05) is 30.1 Å². The van der Waals surface area contributed by atoms with Crippen LogP contribution >= 0.6 is 27.7 Å². The van der Waals surface area contributed by atoms with E-state index in [1.54, 1.807) is 0 Å². The standard InChI is InChI=1S/C16H20BrN3S/c1-21-15-5-3-2-4-13(15)20-14-7-6-12(18)11-8-10(17)9-19-16(11)14/h6-9,13,15,20H,2-5,18H2,1H3. The molecule has 1 aromatic carbocycles. The van der Waals surface area contributed by atoms with Gasteiger partial charge in [0.25, 0.3) is 0 Å². The Hall–Kier alpha value is -0.940. The summed E-state index contributed by atoms with van der Waals surface area (Å²) in [6.45, 7) is 0. The summed E-state index contributed by atoms with van der Waals surface area (Å²) in [4.78, 5) is 4.56. The van der Waals surface area contributed by atoms with Crippen LogP contribution in [0, 0.1) is 0 Å². The van der Waals surface area contributed by atoms with Gasteiger partial charge in [0, 0.05) is 33.0 Å². The highest BCUT2D eigenvalue weighted by atomic mass is 79.9. The van der Waals surface area contributed by atoms with Crippen molar-refractivity contribution in [3.05, 3.63) is 28.9 Å². The van der Waals surface area contributed by atoms with Crippen molar-refractivity contribution in [1.29, 1.82) is 0 Å². The Morgan fingerprint density at radius 2 is 2.14 bits per heavy atom. The Kier molecular flexibility index (Phi) is 4.60. The lowest BCUT2D eigenvalue weighted by molar-refractivity contribution is 0.475. The van der Waals surface area contributed by atoms with Gasteiger partial charge in [-0.1, -0.05) is 12.8 Å². The molecule has 1 saturated carbocycles. The first-order chi connectivity index (χ1) is 10.2. The molecule has 0 spiro atoms. The smallest absolute Gasteiger partial charge is 0.0954 e. The van der Waals surface area contributed by atoms with Gasteiger partial charge in [-0.25, -0.2) is 0 Å². The van der Waals surface area contributed by atoms with Gasteiger partial charge in [0.15, 0.2) is 0 Å². The van der Waals surface area contributed by atoms with E-state index in [-0.39, 0.29) is 0 Å². The second-order valence-electron chi connectivity index (χ2n) is 5.56. The number of hydrogen-bond acceptors (Lipinski definition) is 4. The fourth-order valence-corrected chi connectivity index (χ4v) is 4.34. The van der Waals surface area contributed by atoms with Crippen LogP contribution in [0.1, 0.15) is 25.7 Å². The quantitative estimate of drug-likeness (QED) is 0.776. The number of nitrogen functional groups attached to an aromatic ring is 1. The van der Waals surface area contributed by atoms with Gasteiger partial charge >= 0.3 is 0 Å². The number of hydrogen-bond donors (Lipinski definition) is 2. The molecule has 3 rings (SSSR count). The molecule has 1 heterocycles. The third-order valence-corrected chi connectivity index (χ3v) is 5.80. The molecule has 2 atom stereocenters. The summed E-state index contributed by atoms with van der Waals surface area (Å²) >= 11 is 5.44. The summed E-state index contributed by atoms with van der Waals surface area (Å²) in [6, 6.07) is 6.58. The van der Waals surface area contributed by atoms with Crippen molar-refractivity contribution in [2.75, 3.05) is 17.3 Å². The summed E-state index contributed by atoms with van der Waals surface area (Å²) in [6.07, 6.45) is 9.22. The number of nitrogens with two attached hydrogens (primary N) is 1. The molecule has 1 aromatic heterocycles. The van der Waals surface area contributed by atoms with Crippen LogP contribution in [0.15, 0.2) is 28.9 Å². The van der Waals surface area contributed by atoms with Crippen LogP contribution in [0.4, 0.5) is 11.4 Å². The first kappa shape index (κ1) is 15.0. The lowest BCUT2D eigenvalue weighted by atomic mass is 9.94. The average molecular weight is 366 g/mol. The maximum atomic E-state index is 6.09. The molecule has 3 N–H and O–H groups in total. The van der Waals surface area contributed by atoms with E-state index in [4.69, 9.17) is 5.73 Å². The topological polar surface area (TPSA) is 50.9 Å². The van der Waals surface area contributed by atoms with Crippen LogP contribution in [-0.4, -0.2) is 22.5 Å². The molecule has 2 aromatic rings. The Morgan fingerprint density at radius 3 is 2.95 bits per heavy atom. The average Bonchev–Trinajstić information content (AvgIpc) is 2.51. The van der Waals surface area contributed by atoms with Crippen molar-refractivity contribution in [2.45, 2.75) is 37.0 Å². The summed E-state index contributed by atoms with van der Waals surface area (Å²) in [5.41, 5.74) is 8.92. The third-order valence-electron chi connectivity index (χ3n) is 4.20. The zero-order valence-electron chi connectivity index (χ0n) is 12.1. The number of aromatic nitrogens is 1. The van der Waals surface area contributed by atoms with E-state index >= 15 is 0 Å². The molecule has 112 valence electrons. The molecule has 1 aliphatic rings. The molecule has 0 bridgehead atoms. The van der Waals surface area contributed by atoms with Crippen LogP contribution in [-0.2, 0) is 0 Å². The summed E-state index contributed by atoms with van der Waals surface area (Å²) in [5, 5.41) is 5.41. The maximum absolute atomic E-state index is 6.09. The SMILES string of the molecule is CSC1CCCCC1Nc1ccc(N)c2cc(Br)cnc12. The van der Waals surface area contributed by atoms with Gasteiger partial charge < -0.3 is 11.1 Å². The van der Waals surface area contributed by atoms with Gasteiger partial charge in [0.1, 0.15) is 0 Å². The van der Waals surface area contributed by atoms with Gasteiger partial charge in [0.2, 0.25) is 0 Å². The molecule has 0 amide bonds. The first-order valence-corrected chi connectivity index (χ1v) is 9.40. The van der Waals surface area contributed by atoms with E-state index in [1.165, 1.54) is 25.7 Å². The van der Waals surface area contributed by atoms with E-state index in [0.717, 1.165) is 26.8 Å². The van der Waals surface area contributed by atoms with Gasteiger partial charge in [0.05, 0.1) is 11.2 Å². The molecule has 1 aliphatic carbocycles. The van der Waals surface area contributed by atoms with Crippen LogP contribution in [0.3, 0.4) is 0 Å². The molecule has 2 unspecified atom stereocenters. The van der Waals surface area contributed by atoms with E-state index in [0.29, 0.717) is 11.3 Å². The number of thioether (sulfide) groups is 1. The van der Waals surface area contributed by atoms with Gasteiger partial charge in [-0.2, -0.15) is 11.8 Å². The number of anilines is 2. The number of nitrogens with zero attached hydrogens (tertiary/aromatic N) is 1. The molecule has 3 nitrogen and oxygen atoms in total. The Balaban J connectivity index is 1.95. The van der Waals surface area contributed by atoms with Crippen molar-refractivity contribution < 1.29 is 0 Å². The van der Waals surface area contributed by atoms with Crippen molar-refractivity contribution in [3.63, 3.8) is 0 Å². The Labute approximate surface area is 138 Å².